The van der Waals surface area contributed by atoms with Crippen molar-refractivity contribution in [1.29, 1.82) is 0 Å². The van der Waals surface area contributed by atoms with E-state index in [0.717, 1.165) is 38.8 Å². The van der Waals surface area contributed by atoms with Gasteiger partial charge in [0, 0.05) is 38.2 Å². The third-order valence-corrected chi connectivity index (χ3v) is 5.59. The van der Waals surface area contributed by atoms with Crippen molar-refractivity contribution in [3.63, 3.8) is 0 Å². The molecule has 144 valence electrons. The van der Waals surface area contributed by atoms with Gasteiger partial charge >= 0.3 is 0 Å². The van der Waals surface area contributed by atoms with E-state index in [1.54, 1.807) is 18.2 Å². The van der Waals surface area contributed by atoms with E-state index >= 15 is 0 Å². The van der Waals surface area contributed by atoms with Gasteiger partial charge < -0.3 is 9.80 Å². The number of para-hydroxylation sites is 2. The van der Waals surface area contributed by atoms with Gasteiger partial charge in [-0.05, 0) is 31.7 Å². The average molecular weight is 361 g/mol. The Labute approximate surface area is 156 Å². The van der Waals surface area contributed by atoms with Crippen LogP contribution < -0.4 is 4.90 Å². The van der Waals surface area contributed by atoms with Gasteiger partial charge in [0.05, 0.1) is 4.92 Å². The summed E-state index contributed by atoms with van der Waals surface area (Å²) in [5.74, 6) is 0.843. The van der Waals surface area contributed by atoms with Gasteiger partial charge in [-0.3, -0.25) is 14.9 Å². The fraction of sp³-hybridized carbons (Fsp3) is 0.650. The van der Waals surface area contributed by atoms with Crippen molar-refractivity contribution in [2.75, 3.05) is 31.1 Å². The Morgan fingerprint density at radius 2 is 1.85 bits per heavy atom. The third kappa shape index (κ3) is 4.74. The van der Waals surface area contributed by atoms with E-state index in [0.29, 0.717) is 24.7 Å². The van der Waals surface area contributed by atoms with Gasteiger partial charge in [0.15, 0.2) is 0 Å². The molecule has 0 N–H and O–H groups in total. The molecule has 1 saturated heterocycles. The highest BCUT2D eigenvalue weighted by Gasteiger charge is 2.30. The fourth-order valence-electron chi connectivity index (χ4n) is 3.74. The first-order valence-corrected chi connectivity index (χ1v) is 9.78. The second-order valence-electron chi connectivity index (χ2n) is 7.07. The zero-order chi connectivity index (χ0) is 19.1. The topological polar surface area (TPSA) is 66.7 Å². The molecule has 0 aromatic heterocycles. The number of hydrogen-bond acceptors (Lipinski definition) is 4. The Morgan fingerprint density at radius 3 is 2.38 bits per heavy atom. The van der Waals surface area contributed by atoms with Gasteiger partial charge in [-0.1, -0.05) is 38.8 Å². The Hall–Kier alpha value is -2.11. The van der Waals surface area contributed by atoms with Crippen molar-refractivity contribution in [2.45, 2.75) is 46.5 Å². The Kier molecular flexibility index (Phi) is 7.42. The molecule has 1 heterocycles. The standard InChI is InChI=1S/C20H31N3O3/c1-4-16(5-2)15-21(6-3)20(24)17-11-13-22(14-12-17)18-9-7-8-10-19(18)23(25)26/h7-10,16-17H,4-6,11-15H2,1-3H3. The van der Waals surface area contributed by atoms with Crippen LogP contribution in [0.25, 0.3) is 0 Å². The van der Waals surface area contributed by atoms with Crippen LogP contribution in [0.3, 0.4) is 0 Å². The van der Waals surface area contributed by atoms with Gasteiger partial charge in [-0.2, -0.15) is 0 Å². The number of benzene rings is 1. The molecule has 0 radical (unpaired) electrons. The van der Waals surface area contributed by atoms with E-state index in [2.05, 4.69) is 13.8 Å². The van der Waals surface area contributed by atoms with Crippen molar-refractivity contribution < 1.29 is 9.72 Å². The smallest absolute Gasteiger partial charge is 0.292 e. The molecule has 1 aromatic carbocycles. The van der Waals surface area contributed by atoms with Crippen LogP contribution in [-0.4, -0.2) is 41.9 Å². The maximum atomic E-state index is 12.9. The lowest BCUT2D eigenvalue weighted by molar-refractivity contribution is -0.384. The molecule has 0 bridgehead atoms. The minimum absolute atomic E-state index is 0.0309. The zero-order valence-electron chi connectivity index (χ0n) is 16.2. The average Bonchev–Trinajstić information content (AvgIpc) is 2.68. The lowest BCUT2D eigenvalue weighted by Crippen LogP contribution is -2.44. The second-order valence-corrected chi connectivity index (χ2v) is 7.07. The van der Waals surface area contributed by atoms with Crippen molar-refractivity contribution in [3.05, 3.63) is 34.4 Å². The monoisotopic (exact) mass is 361 g/mol. The number of nitrogens with zero attached hydrogens (tertiary/aromatic N) is 3. The number of carbonyl (C=O) groups excluding carboxylic acids is 1. The van der Waals surface area contributed by atoms with Crippen LogP contribution in [0, 0.1) is 22.0 Å². The summed E-state index contributed by atoms with van der Waals surface area (Å²) in [5.41, 5.74) is 0.800. The van der Waals surface area contributed by atoms with Crippen molar-refractivity contribution >= 4 is 17.3 Å². The number of carbonyl (C=O) groups is 1. The summed E-state index contributed by atoms with van der Waals surface area (Å²) < 4.78 is 0. The lowest BCUT2D eigenvalue weighted by atomic mass is 9.93. The van der Waals surface area contributed by atoms with E-state index in [1.165, 1.54) is 0 Å². The minimum Gasteiger partial charge on any atom is -0.366 e. The van der Waals surface area contributed by atoms with E-state index in [1.807, 2.05) is 22.8 Å². The molecule has 2 rings (SSSR count). The van der Waals surface area contributed by atoms with Gasteiger partial charge in [-0.25, -0.2) is 0 Å². The highest BCUT2D eigenvalue weighted by molar-refractivity contribution is 5.79. The molecule has 0 saturated carbocycles. The van der Waals surface area contributed by atoms with Gasteiger partial charge in [0.2, 0.25) is 5.91 Å². The number of hydrogen-bond donors (Lipinski definition) is 0. The maximum absolute atomic E-state index is 12.9. The van der Waals surface area contributed by atoms with E-state index < -0.39 is 0 Å². The number of anilines is 1. The summed E-state index contributed by atoms with van der Waals surface area (Å²) in [6.07, 6.45) is 3.70. The summed E-state index contributed by atoms with van der Waals surface area (Å²) >= 11 is 0. The molecule has 1 aromatic rings. The predicted octanol–water partition coefficient (Wildman–Crippen LogP) is 4.10. The lowest BCUT2D eigenvalue weighted by Gasteiger charge is -2.35. The van der Waals surface area contributed by atoms with Crippen molar-refractivity contribution in [1.82, 2.24) is 4.90 Å². The fourth-order valence-corrected chi connectivity index (χ4v) is 3.74. The molecule has 1 amide bonds. The molecule has 1 aliphatic rings. The number of piperidine rings is 1. The number of nitro benzene ring substituents is 1. The molecular weight excluding hydrogens is 330 g/mol. The highest BCUT2D eigenvalue weighted by Crippen LogP contribution is 2.31. The normalized spacial score (nSPS) is 15.3. The van der Waals surface area contributed by atoms with Crippen LogP contribution in [-0.2, 0) is 4.79 Å². The SMILES string of the molecule is CCC(CC)CN(CC)C(=O)C1CCN(c2ccccc2[N+](=O)[O-])CC1. The molecule has 0 aliphatic carbocycles. The van der Waals surface area contributed by atoms with Crippen molar-refractivity contribution in [3.8, 4) is 0 Å². The molecule has 6 heteroatoms. The van der Waals surface area contributed by atoms with Gasteiger partial charge in [0.1, 0.15) is 5.69 Å². The zero-order valence-corrected chi connectivity index (χ0v) is 16.2. The molecule has 0 spiro atoms. The number of nitro groups is 1. The molecular formula is C20H31N3O3. The minimum atomic E-state index is -0.332. The Bertz CT molecular complexity index is 608. The summed E-state index contributed by atoms with van der Waals surface area (Å²) in [6, 6.07) is 6.86. The van der Waals surface area contributed by atoms with Crippen LogP contribution >= 0.6 is 0 Å². The number of rotatable bonds is 8. The third-order valence-electron chi connectivity index (χ3n) is 5.59. The summed E-state index contributed by atoms with van der Waals surface area (Å²) in [6.45, 7) is 9.36. The first-order valence-electron chi connectivity index (χ1n) is 9.78. The van der Waals surface area contributed by atoms with E-state index in [-0.39, 0.29) is 22.4 Å². The second kappa shape index (κ2) is 9.55. The molecule has 1 aliphatic heterocycles. The van der Waals surface area contributed by atoms with E-state index in [9.17, 15) is 14.9 Å². The van der Waals surface area contributed by atoms with Crippen LogP contribution in [0.5, 0.6) is 0 Å². The Morgan fingerprint density at radius 1 is 1.23 bits per heavy atom. The molecule has 0 unspecified atom stereocenters. The number of amides is 1. The predicted molar refractivity (Wildman–Crippen MR) is 104 cm³/mol. The summed E-state index contributed by atoms with van der Waals surface area (Å²) in [4.78, 5) is 27.9. The van der Waals surface area contributed by atoms with Gasteiger partial charge in [0.25, 0.3) is 5.69 Å². The highest BCUT2D eigenvalue weighted by atomic mass is 16.6. The molecule has 6 nitrogen and oxygen atoms in total. The van der Waals surface area contributed by atoms with Crippen LogP contribution in [0.2, 0.25) is 0 Å². The molecule has 26 heavy (non-hydrogen) atoms. The largest absolute Gasteiger partial charge is 0.366 e. The molecule has 1 fully saturated rings. The van der Waals surface area contributed by atoms with Crippen LogP contribution in [0.15, 0.2) is 24.3 Å². The Balaban J connectivity index is 1.99. The summed E-state index contributed by atoms with van der Waals surface area (Å²) in [5, 5.41) is 11.2. The maximum Gasteiger partial charge on any atom is 0.292 e. The van der Waals surface area contributed by atoms with Crippen LogP contribution in [0.1, 0.15) is 46.5 Å². The van der Waals surface area contributed by atoms with Crippen molar-refractivity contribution in [2.24, 2.45) is 11.8 Å². The quantitative estimate of drug-likeness (QED) is 0.516. The van der Waals surface area contributed by atoms with Crippen LogP contribution in [0.4, 0.5) is 11.4 Å². The van der Waals surface area contributed by atoms with Gasteiger partial charge in [-0.15, -0.1) is 0 Å². The first-order chi connectivity index (χ1) is 12.5. The van der Waals surface area contributed by atoms with E-state index in [4.69, 9.17) is 0 Å². The summed E-state index contributed by atoms with van der Waals surface area (Å²) in [7, 11) is 0. The molecule has 0 atom stereocenters. The first kappa shape index (κ1) is 20.2.